The molecule has 0 aliphatic heterocycles. The standard InChI is InChI=1S/C20H29N3O2.ClH/c1-5-13-23-17-11-9-8-10-16(17)15(4)18(20(23)25)19(24)21-12-14-22(6-2)7-3;/h8-11H,5-7,12-14H2,1-4H3,(H,21,24);1H. The number of pyridine rings is 1. The van der Waals surface area contributed by atoms with E-state index in [0.717, 1.165) is 42.5 Å². The fourth-order valence-electron chi connectivity index (χ4n) is 3.23. The van der Waals surface area contributed by atoms with E-state index < -0.39 is 0 Å². The van der Waals surface area contributed by atoms with Crippen LogP contribution in [0.3, 0.4) is 0 Å². The highest BCUT2D eigenvalue weighted by molar-refractivity contribution is 6.00. The lowest BCUT2D eigenvalue weighted by Gasteiger charge is -2.19. The molecular formula is C20H30ClN3O2. The summed E-state index contributed by atoms with van der Waals surface area (Å²) in [5, 5.41) is 3.88. The van der Waals surface area contributed by atoms with Gasteiger partial charge in [-0.05, 0) is 38.1 Å². The molecule has 0 saturated heterocycles. The van der Waals surface area contributed by atoms with Crippen LogP contribution in [-0.4, -0.2) is 41.6 Å². The number of fused-ring (bicyclic) bond motifs is 1. The molecule has 2 aromatic rings. The van der Waals surface area contributed by atoms with Gasteiger partial charge in [0.1, 0.15) is 5.56 Å². The summed E-state index contributed by atoms with van der Waals surface area (Å²) < 4.78 is 1.72. The third kappa shape index (κ3) is 4.65. The Morgan fingerprint density at radius 3 is 2.42 bits per heavy atom. The molecule has 0 fully saturated rings. The van der Waals surface area contributed by atoms with Crippen LogP contribution < -0.4 is 10.9 Å². The lowest BCUT2D eigenvalue weighted by atomic mass is 10.0. The minimum Gasteiger partial charge on any atom is -0.351 e. The molecule has 1 amide bonds. The van der Waals surface area contributed by atoms with E-state index in [1.165, 1.54) is 0 Å². The molecule has 2 rings (SSSR count). The molecule has 5 nitrogen and oxygen atoms in total. The number of carbonyl (C=O) groups is 1. The van der Waals surface area contributed by atoms with Crippen molar-refractivity contribution in [3.8, 4) is 0 Å². The van der Waals surface area contributed by atoms with Crippen molar-refractivity contribution < 1.29 is 4.79 Å². The summed E-state index contributed by atoms with van der Waals surface area (Å²) in [6.07, 6.45) is 0.843. The van der Waals surface area contributed by atoms with E-state index in [0.29, 0.717) is 13.1 Å². The first-order chi connectivity index (χ1) is 12.0. The van der Waals surface area contributed by atoms with Gasteiger partial charge in [0.25, 0.3) is 11.5 Å². The average Bonchev–Trinajstić information content (AvgIpc) is 2.62. The molecule has 1 aromatic carbocycles. The predicted molar refractivity (Wildman–Crippen MR) is 111 cm³/mol. The summed E-state index contributed by atoms with van der Waals surface area (Å²) in [4.78, 5) is 27.9. The Labute approximate surface area is 161 Å². The predicted octanol–water partition coefficient (Wildman–Crippen LogP) is 3.21. The summed E-state index contributed by atoms with van der Waals surface area (Å²) in [7, 11) is 0. The van der Waals surface area contributed by atoms with Gasteiger partial charge >= 0.3 is 0 Å². The molecule has 0 saturated carbocycles. The van der Waals surface area contributed by atoms with E-state index in [4.69, 9.17) is 0 Å². The quantitative estimate of drug-likeness (QED) is 0.766. The SMILES string of the molecule is CCCn1c(=O)c(C(=O)NCCN(CC)CC)c(C)c2ccccc21.Cl. The van der Waals surface area contributed by atoms with Crippen LogP contribution in [-0.2, 0) is 6.54 Å². The van der Waals surface area contributed by atoms with Crippen LogP contribution in [0.1, 0.15) is 43.1 Å². The van der Waals surface area contributed by atoms with Crippen LogP contribution in [0.5, 0.6) is 0 Å². The fourth-order valence-corrected chi connectivity index (χ4v) is 3.23. The van der Waals surface area contributed by atoms with Gasteiger partial charge in [0.2, 0.25) is 0 Å². The van der Waals surface area contributed by atoms with E-state index in [2.05, 4.69) is 24.1 Å². The molecule has 26 heavy (non-hydrogen) atoms. The third-order valence-corrected chi connectivity index (χ3v) is 4.72. The lowest BCUT2D eigenvalue weighted by Crippen LogP contribution is -2.38. The molecule has 1 heterocycles. The first-order valence-corrected chi connectivity index (χ1v) is 9.17. The highest BCUT2D eigenvalue weighted by Crippen LogP contribution is 2.19. The van der Waals surface area contributed by atoms with Crippen molar-refractivity contribution in [2.45, 2.75) is 40.7 Å². The summed E-state index contributed by atoms with van der Waals surface area (Å²) in [5.41, 5.74) is 1.73. The molecule has 1 aromatic heterocycles. The van der Waals surface area contributed by atoms with E-state index in [1.807, 2.05) is 38.1 Å². The molecule has 0 unspecified atom stereocenters. The van der Waals surface area contributed by atoms with Crippen LogP contribution in [0.15, 0.2) is 29.1 Å². The van der Waals surface area contributed by atoms with Gasteiger partial charge < -0.3 is 14.8 Å². The maximum Gasteiger partial charge on any atom is 0.264 e. The molecule has 0 aliphatic carbocycles. The molecule has 6 heteroatoms. The van der Waals surface area contributed by atoms with Crippen LogP contribution in [0.2, 0.25) is 0 Å². The van der Waals surface area contributed by atoms with Crippen molar-refractivity contribution in [3.05, 3.63) is 45.7 Å². The number of nitrogens with zero attached hydrogens (tertiary/aromatic N) is 2. The van der Waals surface area contributed by atoms with Crippen LogP contribution >= 0.6 is 12.4 Å². The summed E-state index contributed by atoms with van der Waals surface area (Å²) in [5.74, 6) is -0.273. The van der Waals surface area contributed by atoms with Crippen molar-refractivity contribution in [1.29, 1.82) is 0 Å². The summed E-state index contributed by atoms with van der Waals surface area (Å²) in [6.45, 7) is 11.9. The number of hydrogen-bond donors (Lipinski definition) is 1. The normalized spacial score (nSPS) is 10.8. The highest BCUT2D eigenvalue weighted by atomic mass is 35.5. The number of halogens is 1. The second-order valence-corrected chi connectivity index (χ2v) is 6.26. The number of aryl methyl sites for hydroxylation is 2. The number of hydrogen-bond acceptors (Lipinski definition) is 3. The lowest BCUT2D eigenvalue weighted by molar-refractivity contribution is 0.0946. The molecule has 0 spiro atoms. The minimum atomic E-state index is -0.273. The van der Waals surface area contributed by atoms with Crippen LogP contribution in [0.4, 0.5) is 0 Å². The fraction of sp³-hybridized carbons (Fsp3) is 0.500. The Bertz CT molecular complexity index is 797. The van der Waals surface area contributed by atoms with Crippen molar-refractivity contribution in [3.63, 3.8) is 0 Å². The van der Waals surface area contributed by atoms with Crippen molar-refractivity contribution >= 4 is 29.2 Å². The Balaban J connectivity index is 0.00000338. The second-order valence-electron chi connectivity index (χ2n) is 6.26. The van der Waals surface area contributed by atoms with Gasteiger partial charge in [-0.15, -0.1) is 12.4 Å². The van der Waals surface area contributed by atoms with Gasteiger partial charge in [0, 0.05) is 25.0 Å². The van der Waals surface area contributed by atoms with Gasteiger partial charge in [-0.2, -0.15) is 0 Å². The number of para-hydroxylation sites is 1. The highest BCUT2D eigenvalue weighted by Gasteiger charge is 2.19. The molecular weight excluding hydrogens is 350 g/mol. The summed E-state index contributed by atoms with van der Waals surface area (Å²) in [6, 6.07) is 7.79. The smallest absolute Gasteiger partial charge is 0.264 e. The van der Waals surface area contributed by atoms with Crippen LogP contribution in [0.25, 0.3) is 10.9 Å². The van der Waals surface area contributed by atoms with Crippen molar-refractivity contribution in [2.24, 2.45) is 0 Å². The van der Waals surface area contributed by atoms with Crippen molar-refractivity contribution in [1.82, 2.24) is 14.8 Å². The Morgan fingerprint density at radius 2 is 1.81 bits per heavy atom. The van der Waals surface area contributed by atoms with Crippen LogP contribution in [0, 0.1) is 6.92 Å². The number of nitrogens with one attached hydrogen (secondary N) is 1. The Kier molecular flexibility index (Phi) is 8.82. The molecule has 0 radical (unpaired) electrons. The number of carbonyl (C=O) groups excluding carboxylic acids is 1. The zero-order valence-electron chi connectivity index (χ0n) is 16.2. The third-order valence-electron chi connectivity index (χ3n) is 4.72. The zero-order valence-corrected chi connectivity index (χ0v) is 17.0. The van der Waals surface area contributed by atoms with Gasteiger partial charge in [0.15, 0.2) is 0 Å². The number of aromatic nitrogens is 1. The number of rotatable bonds is 8. The monoisotopic (exact) mass is 379 g/mol. The molecule has 0 aliphatic rings. The largest absolute Gasteiger partial charge is 0.351 e. The van der Waals surface area contributed by atoms with E-state index in [9.17, 15) is 9.59 Å². The Morgan fingerprint density at radius 1 is 1.15 bits per heavy atom. The first-order valence-electron chi connectivity index (χ1n) is 9.17. The van der Waals surface area contributed by atoms with Gasteiger partial charge in [-0.3, -0.25) is 9.59 Å². The molecule has 0 bridgehead atoms. The molecule has 0 atom stereocenters. The number of likely N-dealkylation sites (N-methyl/N-ethyl adjacent to an activating group) is 1. The number of amides is 1. The first kappa shape index (κ1) is 22.2. The topological polar surface area (TPSA) is 54.3 Å². The minimum absolute atomic E-state index is 0. The average molecular weight is 380 g/mol. The van der Waals surface area contributed by atoms with Gasteiger partial charge in [-0.25, -0.2) is 0 Å². The van der Waals surface area contributed by atoms with Gasteiger partial charge in [-0.1, -0.05) is 39.0 Å². The van der Waals surface area contributed by atoms with E-state index in [-0.39, 0.29) is 29.4 Å². The molecule has 144 valence electrons. The molecule has 1 N–H and O–H groups in total. The Hall–Kier alpha value is -1.85. The second kappa shape index (κ2) is 10.3. The van der Waals surface area contributed by atoms with Gasteiger partial charge in [0.05, 0.1) is 5.52 Å². The number of benzene rings is 1. The zero-order chi connectivity index (χ0) is 18.4. The van der Waals surface area contributed by atoms with E-state index >= 15 is 0 Å². The van der Waals surface area contributed by atoms with Crippen molar-refractivity contribution in [2.75, 3.05) is 26.2 Å². The summed E-state index contributed by atoms with van der Waals surface area (Å²) >= 11 is 0. The maximum absolute atomic E-state index is 12.9. The van der Waals surface area contributed by atoms with E-state index in [1.54, 1.807) is 4.57 Å². The maximum atomic E-state index is 12.9.